The zero-order valence-electron chi connectivity index (χ0n) is 17.2. The van der Waals surface area contributed by atoms with E-state index in [0.717, 1.165) is 11.9 Å². The van der Waals surface area contributed by atoms with Crippen LogP contribution in [0.3, 0.4) is 0 Å². The summed E-state index contributed by atoms with van der Waals surface area (Å²) in [6.07, 6.45) is 1.13. The highest BCUT2D eigenvalue weighted by molar-refractivity contribution is 7.90. The van der Waals surface area contributed by atoms with Crippen molar-refractivity contribution in [3.05, 3.63) is 77.1 Å². The summed E-state index contributed by atoms with van der Waals surface area (Å²) in [7, 11) is -3.30. The summed E-state index contributed by atoms with van der Waals surface area (Å²) in [6, 6.07) is 15.1. The van der Waals surface area contributed by atoms with Gasteiger partial charge >= 0.3 is 0 Å². The monoisotopic (exact) mass is 425 g/mol. The zero-order valence-corrected chi connectivity index (χ0v) is 18.0. The number of aryl methyl sites for hydroxylation is 1. The Balaban J connectivity index is 1.79. The average molecular weight is 426 g/mol. The van der Waals surface area contributed by atoms with Gasteiger partial charge in [0, 0.05) is 6.26 Å². The number of sulfone groups is 1. The molecule has 0 radical (unpaired) electrons. The molecule has 2 aromatic carbocycles. The molecule has 1 aromatic heterocycles. The quantitative estimate of drug-likeness (QED) is 0.484. The second kappa shape index (κ2) is 8.23. The Morgan fingerprint density at radius 3 is 2.17 bits per heavy atom. The van der Waals surface area contributed by atoms with E-state index in [1.54, 1.807) is 37.6 Å². The smallest absolute Gasteiger partial charge is 0.293 e. The lowest BCUT2D eigenvalue weighted by Crippen LogP contribution is -2.33. The summed E-state index contributed by atoms with van der Waals surface area (Å²) in [5.74, 6) is -1.40. The summed E-state index contributed by atoms with van der Waals surface area (Å²) >= 11 is 0. The molecular weight excluding hydrogens is 402 g/mol. The summed E-state index contributed by atoms with van der Waals surface area (Å²) < 4.78 is 24.8. The van der Waals surface area contributed by atoms with E-state index >= 15 is 0 Å². The van der Waals surface area contributed by atoms with Gasteiger partial charge in [-0.3, -0.25) is 9.59 Å². The van der Waals surface area contributed by atoms with E-state index in [0.29, 0.717) is 17.0 Å². The minimum Gasteiger partial charge on any atom is -0.343 e. The maximum Gasteiger partial charge on any atom is 0.293 e. The lowest BCUT2D eigenvalue weighted by Gasteiger charge is -2.14. The molecule has 0 saturated carbocycles. The van der Waals surface area contributed by atoms with Gasteiger partial charge in [-0.15, -0.1) is 0 Å². The second-order valence-corrected chi connectivity index (χ2v) is 9.17. The topological polar surface area (TPSA) is 98.1 Å². The number of hydrogen-bond donors (Lipinski definition) is 1. The highest BCUT2D eigenvalue weighted by Crippen LogP contribution is 2.20. The summed E-state index contributed by atoms with van der Waals surface area (Å²) in [5, 5.41) is 7.09. The van der Waals surface area contributed by atoms with Gasteiger partial charge in [-0.1, -0.05) is 30.3 Å². The van der Waals surface area contributed by atoms with Gasteiger partial charge in [0.15, 0.2) is 9.84 Å². The fourth-order valence-corrected chi connectivity index (χ4v) is 3.89. The van der Waals surface area contributed by atoms with Gasteiger partial charge in [0.2, 0.25) is 0 Å². The molecule has 7 nitrogen and oxygen atoms in total. The van der Waals surface area contributed by atoms with E-state index in [-0.39, 0.29) is 10.5 Å². The Labute approximate surface area is 175 Å². The molecule has 0 spiro atoms. The Morgan fingerprint density at radius 2 is 1.60 bits per heavy atom. The molecule has 0 saturated heterocycles. The van der Waals surface area contributed by atoms with E-state index in [1.165, 1.54) is 12.1 Å². The van der Waals surface area contributed by atoms with E-state index < -0.39 is 27.6 Å². The first kappa shape index (κ1) is 21.4. The molecule has 3 rings (SSSR count). The molecule has 30 heavy (non-hydrogen) atoms. The number of para-hydroxylation sites is 1. The van der Waals surface area contributed by atoms with Gasteiger partial charge < -0.3 is 5.32 Å². The van der Waals surface area contributed by atoms with Crippen molar-refractivity contribution in [3.63, 3.8) is 0 Å². The number of amides is 1. The van der Waals surface area contributed by atoms with Crippen molar-refractivity contribution in [2.75, 3.05) is 6.26 Å². The number of carbonyl (C=O) groups is 2. The summed E-state index contributed by atoms with van der Waals surface area (Å²) in [6.45, 7) is 5.18. The molecule has 0 aliphatic rings. The van der Waals surface area contributed by atoms with Crippen LogP contribution in [0.5, 0.6) is 0 Å². The van der Waals surface area contributed by atoms with Gasteiger partial charge in [0.05, 0.1) is 33.6 Å². The predicted octanol–water partition coefficient (Wildman–Crippen LogP) is 2.95. The molecule has 0 fully saturated rings. The number of aromatic nitrogens is 2. The molecular formula is C22H23N3O4S. The molecule has 1 heterocycles. The van der Waals surface area contributed by atoms with Crippen LogP contribution >= 0.6 is 0 Å². The van der Waals surface area contributed by atoms with Crippen LogP contribution < -0.4 is 5.32 Å². The highest BCUT2D eigenvalue weighted by atomic mass is 32.2. The first-order chi connectivity index (χ1) is 14.1. The molecule has 3 aromatic rings. The van der Waals surface area contributed by atoms with Crippen molar-refractivity contribution < 1.29 is 18.0 Å². The van der Waals surface area contributed by atoms with Crippen molar-refractivity contribution in [1.82, 2.24) is 15.1 Å². The SMILES string of the molecule is Cc1nn(-c2ccccc2)c(C)c1C(=O)C(=O)N[C@H](C)c1ccc(S(C)(=O)=O)cc1. The van der Waals surface area contributed by atoms with Crippen LogP contribution in [0.15, 0.2) is 59.5 Å². The molecule has 0 bridgehead atoms. The summed E-state index contributed by atoms with van der Waals surface area (Å²) in [5.41, 5.74) is 2.83. The number of benzene rings is 2. The second-order valence-electron chi connectivity index (χ2n) is 7.16. The third-order valence-electron chi connectivity index (χ3n) is 4.88. The fourth-order valence-electron chi connectivity index (χ4n) is 3.25. The molecule has 8 heteroatoms. The van der Waals surface area contributed by atoms with Crippen LogP contribution in [0.25, 0.3) is 5.69 Å². The van der Waals surface area contributed by atoms with Gasteiger partial charge in [-0.2, -0.15) is 5.10 Å². The van der Waals surface area contributed by atoms with Gasteiger partial charge in [-0.05, 0) is 50.6 Å². The largest absolute Gasteiger partial charge is 0.343 e. The lowest BCUT2D eigenvalue weighted by atomic mass is 10.1. The van der Waals surface area contributed by atoms with Crippen molar-refractivity contribution in [3.8, 4) is 5.69 Å². The van der Waals surface area contributed by atoms with Gasteiger partial charge in [-0.25, -0.2) is 13.1 Å². The van der Waals surface area contributed by atoms with Crippen molar-refractivity contribution >= 4 is 21.5 Å². The van der Waals surface area contributed by atoms with Crippen LogP contribution in [0, 0.1) is 13.8 Å². The third-order valence-corrected chi connectivity index (χ3v) is 6.01. The predicted molar refractivity (Wildman–Crippen MR) is 113 cm³/mol. The number of nitrogens with one attached hydrogen (secondary N) is 1. The molecule has 1 N–H and O–H groups in total. The van der Waals surface area contributed by atoms with Crippen LogP contribution in [0.1, 0.15) is 40.3 Å². The van der Waals surface area contributed by atoms with Crippen molar-refractivity contribution in [2.45, 2.75) is 31.7 Å². The molecule has 0 unspecified atom stereocenters. The number of nitrogens with zero attached hydrogens (tertiary/aromatic N) is 2. The van der Waals surface area contributed by atoms with Crippen molar-refractivity contribution in [2.24, 2.45) is 0 Å². The highest BCUT2D eigenvalue weighted by Gasteiger charge is 2.26. The number of carbonyl (C=O) groups excluding carboxylic acids is 2. The minimum atomic E-state index is -3.30. The van der Waals surface area contributed by atoms with E-state index in [2.05, 4.69) is 10.4 Å². The molecule has 1 amide bonds. The summed E-state index contributed by atoms with van der Waals surface area (Å²) in [4.78, 5) is 25.6. The molecule has 156 valence electrons. The Morgan fingerprint density at radius 1 is 1.00 bits per heavy atom. The Kier molecular flexibility index (Phi) is 5.89. The van der Waals surface area contributed by atoms with E-state index in [9.17, 15) is 18.0 Å². The standard InChI is InChI=1S/C22H23N3O4S/c1-14(17-10-12-19(13-11-17)30(4,28)29)23-22(27)21(26)20-15(2)24-25(16(20)3)18-8-6-5-7-9-18/h5-14H,1-4H3,(H,23,27)/t14-/m1/s1. The number of ketones is 1. The van der Waals surface area contributed by atoms with Crippen LogP contribution in [0.4, 0.5) is 0 Å². The van der Waals surface area contributed by atoms with Crippen LogP contribution in [-0.2, 0) is 14.6 Å². The molecule has 0 aliphatic heterocycles. The van der Waals surface area contributed by atoms with Crippen molar-refractivity contribution in [1.29, 1.82) is 0 Å². The Bertz CT molecular complexity index is 1200. The normalized spacial score (nSPS) is 12.4. The third kappa shape index (κ3) is 4.33. The molecule has 1 atom stereocenters. The average Bonchev–Trinajstić information content (AvgIpc) is 3.01. The van der Waals surface area contributed by atoms with Crippen LogP contribution in [0.2, 0.25) is 0 Å². The lowest BCUT2D eigenvalue weighted by molar-refractivity contribution is -0.117. The van der Waals surface area contributed by atoms with Gasteiger partial charge in [0.1, 0.15) is 0 Å². The van der Waals surface area contributed by atoms with E-state index in [1.807, 2.05) is 30.3 Å². The number of hydrogen-bond acceptors (Lipinski definition) is 5. The molecule has 0 aliphatic carbocycles. The fraction of sp³-hybridized carbons (Fsp3) is 0.227. The number of rotatable bonds is 6. The number of Topliss-reactive ketones (excluding diaryl/α,β-unsaturated/α-hetero) is 1. The zero-order chi connectivity index (χ0) is 22.1. The maximum atomic E-state index is 12.8. The minimum absolute atomic E-state index is 0.195. The first-order valence-corrected chi connectivity index (χ1v) is 11.3. The first-order valence-electron chi connectivity index (χ1n) is 9.36. The van der Waals surface area contributed by atoms with Crippen LogP contribution in [-0.4, -0.2) is 36.1 Å². The Hall–Kier alpha value is -3.26. The van der Waals surface area contributed by atoms with E-state index in [4.69, 9.17) is 0 Å². The maximum absolute atomic E-state index is 12.8. The van der Waals surface area contributed by atoms with Gasteiger partial charge in [0.25, 0.3) is 11.7 Å².